The number of amides is 1. The first-order valence-electron chi connectivity index (χ1n) is 7.60. The maximum atomic E-state index is 12.6. The summed E-state index contributed by atoms with van der Waals surface area (Å²) < 4.78 is 1.26. The summed E-state index contributed by atoms with van der Waals surface area (Å²) in [5, 5.41) is 8.46. The first-order valence-corrected chi connectivity index (χ1v) is 7.60. The van der Waals surface area contributed by atoms with Crippen molar-refractivity contribution in [2.45, 2.75) is 46.1 Å². The third-order valence-electron chi connectivity index (χ3n) is 3.80. The topological polar surface area (TPSA) is 64.0 Å². The van der Waals surface area contributed by atoms with Gasteiger partial charge in [-0.1, -0.05) is 33.8 Å². The molecule has 1 aromatic heterocycles. The highest BCUT2D eigenvalue weighted by Gasteiger charge is 2.15. The lowest BCUT2D eigenvalue weighted by Gasteiger charge is -2.14. The second-order valence-corrected chi connectivity index (χ2v) is 6.14. The first-order chi connectivity index (χ1) is 10.3. The summed E-state index contributed by atoms with van der Waals surface area (Å²) in [6, 6.07) is 5.87. The Balaban J connectivity index is 2.73. The van der Waals surface area contributed by atoms with E-state index in [1.807, 2.05) is 32.0 Å². The summed E-state index contributed by atoms with van der Waals surface area (Å²) in [5.41, 5.74) is 1.80. The highest BCUT2D eigenvalue weighted by Crippen LogP contribution is 2.25. The number of fused-ring (bicyclic) bond motifs is 1. The van der Waals surface area contributed by atoms with Gasteiger partial charge in [0.25, 0.3) is 5.56 Å². The summed E-state index contributed by atoms with van der Waals surface area (Å²) in [7, 11) is 1.55. The molecule has 5 heteroatoms. The van der Waals surface area contributed by atoms with Crippen LogP contribution in [0.5, 0.6) is 0 Å². The zero-order valence-corrected chi connectivity index (χ0v) is 13.8. The second-order valence-electron chi connectivity index (χ2n) is 6.14. The summed E-state index contributed by atoms with van der Waals surface area (Å²) >= 11 is 0. The molecule has 118 valence electrons. The van der Waals surface area contributed by atoms with E-state index >= 15 is 0 Å². The van der Waals surface area contributed by atoms with Gasteiger partial charge in [0, 0.05) is 12.4 Å². The van der Waals surface area contributed by atoms with Gasteiger partial charge in [0.1, 0.15) is 6.54 Å². The van der Waals surface area contributed by atoms with Gasteiger partial charge in [-0.05, 0) is 29.5 Å². The molecule has 0 aliphatic heterocycles. The number of carbonyl (C=O) groups is 1. The minimum atomic E-state index is -0.234. The summed E-state index contributed by atoms with van der Waals surface area (Å²) in [6.07, 6.45) is 0. The van der Waals surface area contributed by atoms with E-state index in [0.717, 1.165) is 11.1 Å². The molecule has 5 nitrogen and oxygen atoms in total. The van der Waals surface area contributed by atoms with Gasteiger partial charge >= 0.3 is 0 Å². The lowest BCUT2D eigenvalue weighted by atomic mass is 9.96. The molecule has 1 aromatic carbocycles. The Morgan fingerprint density at radius 2 is 1.86 bits per heavy atom. The van der Waals surface area contributed by atoms with E-state index in [4.69, 9.17) is 0 Å². The van der Waals surface area contributed by atoms with Gasteiger partial charge in [0.05, 0.1) is 11.1 Å². The van der Waals surface area contributed by atoms with Gasteiger partial charge in [-0.25, -0.2) is 4.68 Å². The first kappa shape index (κ1) is 16.2. The van der Waals surface area contributed by atoms with E-state index in [1.54, 1.807) is 7.05 Å². The molecule has 22 heavy (non-hydrogen) atoms. The number of carbonyl (C=O) groups excluding carboxylic acids is 1. The molecule has 0 atom stereocenters. The highest BCUT2D eigenvalue weighted by atomic mass is 16.2. The van der Waals surface area contributed by atoms with Crippen molar-refractivity contribution >= 4 is 16.7 Å². The zero-order chi connectivity index (χ0) is 16.4. The molecule has 2 aromatic rings. The number of hydrogen-bond donors (Lipinski definition) is 1. The van der Waals surface area contributed by atoms with Crippen molar-refractivity contribution in [1.29, 1.82) is 0 Å². The van der Waals surface area contributed by atoms with Crippen molar-refractivity contribution in [1.82, 2.24) is 15.1 Å². The summed E-state index contributed by atoms with van der Waals surface area (Å²) in [4.78, 5) is 24.1. The van der Waals surface area contributed by atoms with Gasteiger partial charge < -0.3 is 5.32 Å². The number of likely N-dealkylation sites (N-methyl/N-ethyl adjacent to an activating group) is 1. The predicted molar refractivity (Wildman–Crippen MR) is 88.2 cm³/mol. The molecule has 1 amide bonds. The zero-order valence-electron chi connectivity index (χ0n) is 13.8. The van der Waals surface area contributed by atoms with Crippen LogP contribution in [0.1, 0.15) is 50.8 Å². The van der Waals surface area contributed by atoms with Gasteiger partial charge in [0.2, 0.25) is 5.91 Å². The van der Waals surface area contributed by atoms with E-state index < -0.39 is 0 Å². The van der Waals surface area contributed by atoms with Crippen LogP contribution in [0.2, 0.25) is 0 Å². The quantitative estimate of drug-likeness (QED) is 0.943. The molecular formula is C17H23N3O2. The average molecular weight is 301 g/mol. The molecule has 0 radical (unpaired) electrons. The SMILES string of the molecule is CNC(=O)Cn1nc(C(C)C)c2cc(C(C)C)ccc2c1=O. The van der Waals surface area contributed by atoms with Crippen molar-refractivity contribution in [3.05, 3.63) is 39.8 Å². The fourth-order valence-electron chi connectivity index (χ4n) is 2.44. The third kappa shape index (κ3) is 3.03. The Kier molecular flexibility index (Phi) is 4.64. The molecule has 0 bridgehead atoms. The Morgan fingerprint density at radius 3 is 2.41 bits per heavy atom. The molecular weight excluding hydrogens is 278 g/mol. The molecule has 0 saturated heterocycles. The van der Waals surface area contributed by atoms with Crippen molar-refractivity contribution in [3.8, 4) is 0 Å². The molecule has 1 heterocycles. The summed E-state index contributed by atoms with van der Waals surface area (Å²) in [5.74, 6) is 0.321. The largest absolute Gasteiger partial charge is 0.358 e. The number of hydrogen-bond acceptors (Lipinski definition) is 3. The van der Waals surface area contributed by atoms with E-state index in [-0.39, 0.29) is 23.9 Å². The molecule has 0 aliphatic rings. The summed E-state index contributed by atoms with van der Waals surface area (Å²) in [6.45, 7) is 8.26. The monoisotopic (exact) mass is 301 g/mol. The Morgan fingerprint density at radius 1 is 1.18 bits per heavy atom. The van der Waals surface area contributed by atoms with Gasteiger partial charge in [0.15, 0.2) is 0 Å². The number of benzene rings is 1. The van der Waals surface area contributed by atoms with Gasteiger partial charge in [-0.3, -0.25) is 9.59 Å². The van der Waals surface area contributed by atoms with Crippen molar-refractivity contribution < 1.29 is 4.79 Å². The number of nitrogens with one attached hydrogen (secondary N) is 1. The maximum Gasteiger partial charge on any atom is 0.275 e. The van der Waals surface area contributed by atoms with Crippen LogP contribution in [-0.2, 0) is 11.3 Å². The number of aromatic nitrogens is 2. The van der Waals surface area contributed by atoms with E-state index in [2.05, 4.69) is 24.3 Å². The van der Waals surface area contributed by atoms with Crippen LogP contribution in [0.3, 0.4) is 0 Å². The average Bonchev–Trinajstić information content (AvgIpc) is 2.48. The Hall–Kier alpha value is -2.17. The van der Waals surface area contributed by atoms with Crippen LogP contribution in [0.15, 0.2) is 23.0 Å². The van der Waals surface area contributed by atoms with E-state index in [1.165, 1.54) is 10.2 Å². The molecule has 0 aliphatic carbocycles. The van der Waals surface area contributed by atoms with Crippen molar-refractivity contribution in [2.75, 3.05) is 7.05 Å². The molecule has 0 unspecified atom stereocenters. The molecule has 0 fully saturated rings. The minimum Gasteiger partial charge on any atom is -0.358 e. The molecule has 0 saturated carbocycles. The second kappa shape index (κ2) is 6.30. The number of nitrogens with zero attached hydrogens (tertiary/aromatic N) is 2. The predicted octanol–water partition coefficient (Wildman–Crippen LogP) is 2.39. The Labute approximate surface area is 130 Å². The normalized spacial score (nSPS) is 11.4. The van der Waals surface area contributed by atoms with Crippen LogP contribution in [0.4, 0.5) is 0 Å². The van der Waals surface area contributed by atoms with Crippen molar-refractivity contribution in [2.24, 2.45) is 0 Å². The third-order valence-corrected chi connectivity index (χ3v) is 3.80. The van der Waals surface area contributed by atoms with Crippen molar-refractivity contribution in [3.63, 3.8) is 0 Å². The molecule has 0 spiro atoms. The van der Waals surface area contributed by atoms with Crippen LogP contribution in [0, 0.1) is 0 Å². The maximum absolute atomic E-state index is 12.6. The fraction of sp³-hybridized carbons (Fsp3) is 0.471. The van der Waals surface area contributed by atoms with Crippen LogP contribution in [0.25, 0.3) is 10.8 Å². The number of rotatable bonds is 4. The van der Waals surface area contributed by atoms with Crippen LogP contribution < -0.4 is 10.9 Å². The molecule has 1 N–H and O–H groups in total. The van der Waals surface area contributed by atoms with E-state index in [9.17, 15) is 9.59 Å². The van der Waals surface area contributed by atoms with Gasteiger partial charge in [-0.15, -0.1) is 0 Å². The smallest absolute Gasteiger partial charge is 0.275 e. The standard InChI is InChI=1S/C17H23N3O2/c1-10(2)12-6-7-13-14(8-12)16(11(3)4)19-20(17(13)22)9-15(21)18-5/h6-8,10-11H,9H2,1-5H3,(H,18,21). The van der Waals surface area contributed by atoms with Crippen LogP contribution in [-0.4, -0.2) is 22.7 Å². The van der Waals surface area contributed by atoms with Gasteiger partial charge in [-0.2, -0.15) is 5.10 Å². The highest BCUT2D eigenvalue weighted by molar-refractivity contribution is 5.85. The molecule has 2 rings (SSSR count). The fourth-order valence-corrected chi connectivity index (χ4v) is 2.44. The minimum absolute atomic E-state index is 0.0586. The van der Waals surface area contributed by atoms with Crippen LogP contribution >= 0.6 is 0 Å². The van der Waals surface area contributed by atoms with E-state index in [0.29, 0.717) is 11.3 Å². The Bertz CT molecular complexity index is 760. The lowest BCUT2D eigenvalue weighted by Crippen LogP contribution is -2.32. The lowest BCUT2D eigenvalue weighted by molar-refractivity contribution is -0.121.